The van der Waals surface area contributed by atoms with E-state index in [9.17, 15) is 4.39 Å². The molecule has 0 saturated carbocycles. The lowest BCUT2D eigenvalue weighted by Gasteiger charge is -2.05. The van der Waals surface area contributed by atoms with Gasteiger partial charge in [0, 0.05) is 5.56 Å². The summed E-state index contributed by atoms with van der Waals surface area (Å²) >= 11 is 0. The molecule has 0 fully saturated rings. The van der Waals surface area contributed by atoms with E-state index in [4.69, 9.17) is 0 Å². The second-order valence-electron chi connectivity index (χ2n) is 3.87. The third kappa shape index (κ3) is 4.35. The standard InChI is InChI=1S/C11H17FN2/c1-14(2)8-7-13-9-10-3-5-11(12)6-4-10/h3-6,13H,7-9H2,1-2H3/p+2. The first-order valence-corrected chi connectivity index (χ1v) is 5.03. The van der Waals surface area contributed by atoms with Crippen LogP contribution in [0, 0.1) is 5.82 Å². The van der Waals surface area contributed by atoms with Gasteiger partial charge in [-0.3, -0.25) is 0 Å². The molecule has 78 valence electrons. The summed E-state index contributed by atoms with van der Waals surface area (Å²) in [6.07, 6.45) is 0. The zero-order valence-electron chi connectivity index (χ0n) is 8.89. The summed E-state index contributed by atoms with van der Waals surface area (Å²) in [5, 5.41) is 2.25. The van der Waals surface area contributed by atoms with E-state index >= 15 is 0 Å². The summed E-state index contributed by atoms with van der Waals surface area (Å²) in [5.74, 6) is -0.161. The molecule has 3 N–H and O–H groups in total. The fourth-order valence-electron chi connectivity index (χ4n) is 1.28. The molecular formula is C11H19FN2+2. The molecule has 14 heavy (non-hydrogen) atoms. The Morgan fingerprint density at radius 2 is 1.86 bits per heavy atom. The number of likely N-dealkylation sites (N-methyl/N-ethyl adjacent to an activating group) is 1. The predicted octanol–water partition coefficient (Wildman–Crippen LogP) is -0.966. The van der Waals surface area contributed by atoms with Gasteiger partial charge >= 0.3 is 0 Å². The summed E-state index contributed by atoms with van der Waals surface area (Å²) in [7, 11) is 4.29. The van der Waals surface area contributed by atoms with Gasteiger partial charge in [-0.25, -0.2) is 4.39 Å². The van der Waals surface area contributed by atoms with Gasteiger partial charge in [0.05, 0.1) is 14.1 Å². The lowest BCUT2D eigenvalue weighted by Crippen LogP contribution is -3.09. The van der Waals surface area contributed by atoms with Gasteiger partial charge in [-0.1, -0.05) is 12.1 Å². The van der Waals surface area contributed by atoms with Gasteiger partial charge in [0.2, 0.25) is 0 Å². The van der Waals surface area contributed by atoms with Crippen molar-refractivity contribution in [2.45, 2.75) is 6.54 Å². The fraction of sp³-hybridized carbons (Fsp3) is 0.455. The zero-order chi connectivity index (χ0) is 10.4. The van der Waals surface area contributed by atoms with Gasteiger partial charge in [0.15, 0.2) is 0 Å². The van der Waals surface area contributed by atoms with Crippen LogP contribution >= 0.6 is 0 Å². The molecule has 0 aromatic heterocycles. The van der Waals surface area contributed by atoms with E-state index in [-0.39, 0.29) is 5.82 Å². The monoisotopic (exact) mass is 198 g/mol. The minimum atomic E-state index is -0.161. The van der Waals surface area contributed by atoms with E-state index in [1.54, 1.807) is 0 Å². The first-order chi connectivity index (χ1) is 6.68. The first kappa shape index (κ1) is 11.1. The second-order valence-corrected chi connectivity index (χ2v) is 3.87. The number of rotatable bonds is 5. The molecule has 0 amide bonds. The molecular weight excluding hydrogens is 179 g/mol. The van der Waals surface area contributed by atoms with E-state index in [0.717, 1.165) is 19.6 Å². The maximum absolute atomic E-state index is 12.6. The van der Waals surface area contributed by atoms with E-state index in [1.807, 2.05) is 12.1 Å². The molecule has 0 radical (unpaired) electrons. The lowest BCUT2D eigenvalue weighted by atomic mass is 10.2. The third-order valence-corrected chi connectivity index (χ3v) is 2.14. The van der Waals surface area contributed by atoms with Crippen LogP contribution in [0.3, 0.4) is 0 Å². The van der Waals surface area contributed by atoms with Gasteiger partial charge in [-0.2, -0.15) is 0 Å². The minimum absolute atomic E-state index is 0.161. The van der Waals surface area contributed by atoms with Crippen LogP contribution in [0.15, 0.2) is 24.3 Å². The van der Waals surface area contributed by atoms with Crippen molar-refractivity contribution in [1.29, 1.82) is 0 Å². The Labute approximate surface area is 84.7 Å². The number of nitrogens with one attached hydrogen (secondary N) is 1. The summed E-state index contributed by atoms with van der Waals surface area (Å²) in [6.45, 7) is 3.20. The molecule has 0 unspecified atom stereocenters. The molecule has 0 atom stereocenters. The molecule has 1 aromatic rings. The molecule has 0 spiro atoms. The van der Waals surface area contributed by atoms with Crippen LogP contribution in [0.25, 0.3) is 0 Å². The number of benzene rings is 1. The maximum atomic E-state index is 12.6. The molecule has 3 heteroatoms. The van der Waals surface area contributed by atoms with Crippen LogP contribution in [-0.4, -0.2) is 27.2 Å². The molecule has 0 bridgehead atoms. The van der Waals surface area contributed by atoms with Crippen LogP contribution in [0.5, 0.6) is 0 Å². The van der Waals surface area contributed by atoms with E-state index in [0.29, 0.717) is 0 Å². The van der Waals surface area contributed by atoms with Gasteiger partial charge in [0.25, 0.3) is 0 Å². The van der Waals surface area contributed by atoms with Gasteiger partial charge in [-0.05, 0) is 12.1 Å². The molecule has 0 saturated heterocycles. The molecule has 0 aliphatic rings. The number of halogens is 1. The molecule has 0 aliphatic carbocycles. The van der Waals surface area contributed by atoms with Crippen molar-refractivity contribution in [2.24, 2.45) is 0 Å². The van der Waals surface area contributed by atoms with Crippen molar-refractivity contribution in [2.75, 3.05) is 27.2 Å². The van der Waals surface area contributed by atoms with Crippen LogP contribution in [0.1, 0.15) is 5.56 Å². The highest BCUT2D eigenvalue weighted by Gasteiger charge is 1.98. The predicted molar refractivity (Wildman–Crippen MR) is 54.6 cm³/mol. The average molecular weight is 198 g/mol. The quantitative estimate of drug-likeness (QED) is 0.568. The van der Waals surface area contributed by atoms with Crippen LogP contribution < -0.4 is 10.2 Å². The van der Waals surface area contributed by atoms with Crippen molar-refractivity contribution < 1.29 is 14.6 Å². The van der Waals surface area contributed by atoms with Crippen LogP contribution in [0.4, 0.5) is 4.39 Å². The van der Waals surface area contributed by atoms with Crippen molar-refractivity contribution >= 4 is 0 Å². The first-order valence-electron chi connectivity index (χ1n) is 5.03. The smallest absolute Gasteiger partial charge is 0.126 e. The lowest BCUT2D eigenvalue weighted by molar-refractivity contribution is -0.875. The van der Waals surface area contributed by atoms with Crippen molar-refractivity contribution in [3.63, 3.8) is 0 Å². The summed E-state index contributed by atoms with van der Waals surface area (Å²) in [6, 6.07) is 6.71. The Morgan fingerprint density at radius 3 is 2.43 bits per heavy atom. The van der Waals surface area contributed by atoms with E-state index < -0.39 is 0 Å². The summed E-state index contributed by atoms with van der Waals surface area (Å²) < 4.78 is 12.6. The maximum Gasteiger partial charge on any atom is 0.126 e. The Hall–Kier alpha value is -0.930. The largest absolute Gasteiger partial charge is 0.338 e. The Morgan fingerprint density at radius 1 is 1.21 bits per heavy atom. The summed E-state index contributed by atoms with van der Waals surface area (Å²) in [5.41, 5.74) is 1.18. The number of hydrogen-bond donors (Lipinski definition) is 2. The minimum Gasteiger partial charge on any atom is -0.338 e. The van der Waals surface area contributed by atoms with Crippen molar-refractivity contribution in [3.8, 4) is 0 Å². The van der Waals surface area contributed by atoms with Gasteiger partial charge < -0.3 is 10.2 Å². The number of nitrogens with two attached hydrogens (primary N) is 1. The van der Waals surface area contributed by atoms with Gasteiger partial charge in [-0.15, -0.1) is 0 Å². The van der Waals surface area contributed by atoms with Gasteiger partial charge in [0.1, 0.15) is 25.5 Å². The molecule has 2 nitrogen and oxygen atoms in total. The molecule has 0 aliphatic heterocycles. The van der Waals surface area contributed by atoms with Crippen molar-refractivity contribution in [1.82, 2.24) is 0 Å². The topological polar surface area (TPSA) is 21.1 Å². The van der Waals surface area contributed by atoms with Crippen molar-refractivity contribution in [3.05, 3.63) is 35.6 Å². The average Bonchev–Trinajstić information content (AvgIpc) is 2.15. The third-order valence-electron chi connectivity index (χ3n) is 2.14. The zero-order valence-corrected chi connectivity index (χ0v) is 8.89. The highest BCUT2D eigenvalue weighted by Crippen LogP contribution is 1.99. The van der Waals surface area contributed by atoms with E-state index in [1.165, 1.54) is 22.6 Å². The number of hydrogen-bond acceptors (Lipinski definition) is 0. The Balaban J connectivity index is 2.21. The Bertz CT molecular complexity index is 256. The normalized spacial score (nSPS) is 10.9. The second kappa shape index (κ2) is 5.73. The van der Waals surface area contributed by atoms with Crippen LogP contribution in [0.2, 0.25) is 0 Å². The summed E-state index contributed by atoms with van der Waals surface area (Å²) in [4.78, 5) is 1.46. The van der Waals surface area contributed by atoms with Crippen LogP contribution in [-0.2, 0) is 6.54 Å². The molecule has 0 heterocycles. The molecule has 1 aromatic carbocycles. The highest BCUT2D eigenvalue weighted by atomic mass is 19.1. The van der Waals surface area contributed by atoms with E-state index in [2.05, 4.69) is 19.4 Å². The number of quaternary nitrogens is 2. The Kier molecular flexibility index (Phi) is 4.56. The fourth-order valence-corrected chi connectivity index (χ4v) is 1.28. The molecule has 1 rings (SSSR count). The highest BCUT2D eigenvalue weighted by molar-refractivity contribution is 5.14. The SMILES string of the molecule is C[NH+](C)CC[NH2+]Cc1ccc(F)cc1.